The summed E-state index contributed by atoms with van der Waals surface area (Å²) in [5.41, 5.74) is 0.931. The van der Waals surface area contributed by atoms with Gasteiger partial charge in [0.25, 0.3) is 0 Å². The van der Waals surface area contributed by atoms with Gasteiger partial charge in [0.05, 0.1) is 0 Å². The predicted octanol–water partition coefficient (Wildman–Crippen LogP) is 1.91. The minimum Gasteiger partial charge on any atom is -0.480 e. The smallest absolute Gasteiger partial charge is 0.326 e. The number of halogens is 1. The van der Waals surface area contributed by atoms with Crippen LogP contribution in [0.25, 0.3) is 0 Å². The number of carboxylic acid groups (broad SMARTS) is 2. The summed E-state index contributed by atoms with van der Waals surface area (Å²) in [6.45, 7) is 0. The molecule has 6 nitrogen and oxygen atoms in total. The summed E-state index contributed by atoms with van der Waals surface area (Å²) < 4.78 is 0.894. The zero-order valence-corrected chi connectivity index (χ0v) is 13.3. The molecule has 7 heteroatoms. The molecule has 2 N–H and O–H groups in total. The summed E-state index contributed by atoms with van der Waals surface area (Å²) in [4.78, 5) is 35.8. The minimum absolute atomic E-state index is 0.0873. The van der Waals surface area contributed by atoms with Crippen molar-refractivity contribution >= 4 is 33.8 Å². The van der Waals surface area contributed by atoms with Gasteiger partial charge in [-0.3, -0.25) is 4.79 Å². The molecule has 0 saturated carbocycles. The van der Waals surface area contributed by atoms with Gasteiger partial charge >= 0.3 is 11.9 Å². The Morgan fingerprint density at radius 2 is 1.73 bits per heavy atom. The lowest BCUT2D eigenvalue weighted by molar-refractivity contribution is -0.155. The highest BCUT2D eigenvalue weighted by Crippen LogP contribution is 2.26. The zero-order chi connectivity index (χ0) is 16.3. The number of carbonyl (C=O) groups excluding carboxylic acids is 1. The van der Waals surface area contributed by atoms with Gasteiger partial charge in [-0.05, 0) is 37.0 Å². The number of aryl methyl sites for hydroxylation is 1. The molecule has 22 heavy (non-hydrogen) atoms. The van der Waals surface area contributed by atoms with Gasteiger partial charge < -0.3 is 15.1 Å². The van der Waals surface area contributed by atoms with Crippen LogP contribution in [0.5, 0.6) is 0 Å². The zero-order valence-electron chi connectivity index (χ0n) is 11.7. The summed E-state index contributed by atoms with van der Waals surface area (Å²) in [6, 6.07) is 5.37. The molecule has 2 unspecified atom stereocenters. The third-order valence-electron chi connectivity index (χ3n) is 3.76. The third kappa shape index (κ3) is 3.65. The Kier molecular flexibility index (Phi) is 5.18. The van der Waals surface area contributed by atoms with E-state index >= 15 is 0 Å². The normalized spacial score (nSPS) is 20.9. The van der Waals surface area contributed by atoms with Crippen molar-refractivity contribution in [2.75, 3.05) is 0 Å². The lowest BCUT2D eigenvalue weighted by Crippen LogP contribution is -2.47. The fraction of sp³-hybridized carbons (Fsp3) is 0.400. The number of carbonyl (C=O) groups is 3. The van der Waals surface area contributed by atoms with Crippen LogP contribution in [0, 0.1) is 0 Å². The Hall–Kier alpha value is -1.89. The van der Waals surface area contributed by atoms with Crippen molar-refractivity contribution < 1.29 is 24.6 Å². The van der Waals surface area contributed by atoms with Gasteiger partial charge in [-0.1, -0.05) is 28.1 Å². The van der Waals surface area contributed by atoms with E-state index in [0.29, 0.717) is 6.42 Å². The number of carboxylic acids is 2. The molecule has 1 aromatic rings. The maximum atomic E-state index is 12.3. The van der Waals surface area contributed by atoms with Gasteiger partial charge in [0.15, 0.2) is 0 Å². The van der Waals surface area contributed by atoms with E-state index in [0.717, 1.165) is 14.9 Å². The summed E-state index contributed by atoms with van der Waals surface area (Å²) in [5.74, 6) is -2.74. The average molecular weight is 370 g/mol. The molecular weight excluding hydrogens is 354 g/mol. The van der Waals surface area contributed by atoms with Gasteiger partial charge in [0, 0.05) is 10.9 Å². The van der Waals surface area contributed by atoms with Crippen molar-refractivity contribution in [2.24, 2.45) is 0 Å². The molecule has 2 atom stereocenters. The van der Waals surface area contributed by atoms with Gasteiger partial charge in [-0.15, -0.1) is 0 Å². The van der Waals surface area contributed by atoms with E-state index in [1.165, 1.54) is 0 Å². The van der Waals surface area contributed by atoms with Crippen LogP contribution in [0.2, 0.25) is 0 Å². The lowest BCUT2D eigenvalue weighted by atomic mass is 10.1. The largest absolute Gasteiger partial charge is 0.480 e. The highest BCUT2D eigenvalue weighted by Gasteiger charge is 2.43. The molecule has 0 aromatic heterocycles. The Morgan fingerprint density at radius 3 is 2.23 bits per heavy atom. The maximum Gasteiger partial charge on any atom is 0.326 e. The van der Waals surface area contributed by atoms with Gasteiger partial charge in [0.1, 0.15) is 12.1 Å². The Balaban J connectivity index is 2.08. The molecule has 1 fully saturated rings. The first-order valence-electron chi connectivity index (χ1n) is 6.91. The SMILES string of the molecule is O=C(O)C1CCC(C(=O)O)N1C(=O)CCc1cccc(Br)c1. The Labute approximate surface area is 135 Å². The molecule has 1 heterocycles. The molecule has 2 rings (SSSR count). The van der Waals surface area contributed by atoms with Gasteiger partial charge in [-0.2, -0.15) is 0 Å². The van der Waals surface area contributed by atoms with Gasteiger partial charge in [-0.25, -0.2) is 9.59 Å². The van der Waals surface area contributed by atoms with E-state index < -0.39 is 29.9 Å². The Morgan fingerprint density at radius 1 is 1.14 bits per heavy atom. The second-order valence-corrected chi connectivity index (χ2v) is 6.13. The summed E-state index contributed by atoms with van der Waals surface area (Å²) in [7, 11) is 0. The molecule has 0 radical (unpaired) electrons. The van der Waals surface area contributed by atoms with Crippen molar-refractivity contribution in [2.45, 2.75) is 37.8 Å². The van der Waals surface area contributed by atoms with Crippen LogP contribution >= 0.6 is 15.9 Å². The van der Waals surface area contributed by atoms with E-state index in [4.69, 9.17) is 10.2 Å². The van der Waals surface area contributed by atoms with E-state index in [1.807, 2.05) is 24.3 Å². The molecule has 0 aliphatic carbocycles. The number of rotatable bonds is 5. The van der Waals surface area contributed by atoms with E-state index in [1.54, 1.807) is 0 Å². The fourth-order valence-electron chi connectivity index (χ4n) is 2.72. The van der Waals surface area contributed by atoms with E-state index in [2.05, 4.69) is 15.9 Å². The van der Waals surface area contributed by atoms with Crippen molar-refractivity contribution in [3.63, 3.8) is 0 Å². The Bertz CT molecular complexity index is 581. The van der Waals surface area contributed by atoms with Crippen LogP contribution in [-0.2, 0) is 20.8 Å². The molecule has 0 bridgehead atoms. The average Bonchev–Trinajstić information content (AvgIpc) is 2.90. The number of amides is 1. The van der Waals surface area contributed by atoms with Crippen LogP contribution in [-0.4, -0.2) is 45.0 Å². The van der Waals surface area contributed by atoms with Crippen molar-refractivity contribution in [3.05, 3.63) is 34.3 Å². The van der Waals surface area contributed by atoms with Crippen LogP contribution in [0.4, 0.5) is 0 Å². The number of likely N-dealkylation sites (tertiary alicyclic amines) is 1. The molecule has 1 saturated heterocycles. The number of aliphatic carboxylic acids is 2. The highest BCUT2D eigenvalue weighted by molar-refractivity contribution is 9.10. The van der Waals surface area contributed by atoms with Crippen LogP contribution in [0.3, 0.4) is 0 Å². The van der Waals surface area contributed by atoms with Crippen molar-refractivity contribution in [3.8, 4) is 0 Å². The van der Waals surface area contributed by atoms with Crippen molar-refractivity contribution in [1.29, 1.82) is 0 Å². The van der Waals surface area contributed by atoms with E-state index in [9.17, 15) is 14.4 Å². The quantitative estimate of drug-likeness (QED) is 0.826. The van der Waals surface area contributed by atoms with Gasteiger partial charge in [0.2, 0.25) is 5.91 Å². The molecule has 1 aromatic carbocycles. The first kappa shape index (κ1) is 16.5. The molecular formula is C15H16BrNO5. The summed E-state index contributed by atoms with van der Waals surface area (Å²) in [6.07, 6.45) is 0.876. The number of nitrogens with zero attached hydrogens (tertiary/aromatic N) is 1. The maximum absolute atomic E-state index is 12.3. The molecule has 118 valence electrons. The highest BCUT2D eigenvalue weighted by atomic mass is 79.9. The number of benzene rings is 1. The second-order valence-electron chi connectivity index (χ2n) is 5.22. The first-order chi connectivity index (χ1) is 10.4. The van der Waals surface area contributed by atoms with Crippen LogP contribution < -0.4 is 0 Å². The monoisotopic (exact) mass is 369 g/mol. The molecule has 1 aliphatic rings. The minimum atomic E-state index is -1.15. The lowest BCUT2D eigenvalue weighted by Gasteiger charge is -2.25. The van der Waals surface area contributed by atoms with E-state index in [-0.39, 0.29) is 19.3 Å². The third-order valence-corrected chi connectivity index (χ3v) is 4.25. The second kappa shape index (κ2) is 6.91. The van der Waals surface area contributed by atoms with Crippen LogP contribution in [0.15, 0.2) is 28.7 Å². The topological polar surface area (TPSA) is 94.9 Å². The number of hydrogen-bond acceptors (Lipinski definition) is 3. The molecule has 1 aliphatic heterocycles. The van der Waals surface area contributed by atoms with Crippen molar-refractivity contribution in [1.82, 2.24) is 4.90 Å². The first-order valence-corrected chi connectivity index (χ1v) is 7.70. The van der Waals surface area contributed by atoms with Crippen LogP contribution in [0.1, 0.15) is 24.8 Å². The standard InChI is InChI=1S/C15H16BrNO5/c16-10-3-1-2-9(8-10)4-7-13(18)17-11(14(19)20)5-6-12(17)15(21)22/h1-3,8,11-12H,4-7H2,(H,19,20)(H,21,22). The molecule has 1 amide bonds. The summed E-state index contributed by atoms with van der Waals surface area (Å²) in [5, 5.41) is 18.3. The molecule has 0 spiro atoms. The fourth-order valence-corrected chi connectivity index (χ4v) is 3.16. The number of hydrogen-bond donors (Lipinski definition) is 2. The predicted molar refractivity (Wildman–Crippen MR) is 81.4 cm³/mol. The summed E-state index contributed by atoms with van der Waals surface area (Å²) >= 11 is 3.34.